The molecule has 3 amide bonds. The number of primary sulfonamides is 1. The van der Waals surface area contributed by atoms with E-state index in [9.17, 15) is 22.8 Å². The van der Waals surface area contributed by atoms with Crippen molar-refractivity contribution < 1.29 is 22.8 Å². The van der Waals surface area contributed by atoms with E-state index in [1.54, 1.807) is 50.4 Å². The number of hydrogen-bond acceptors (Lipinski definition) is 5. The van der Waals surface area contributed by atoms with Crippen LogP contribution in [0, 0.1) is 0 Å². The lowest BCUT2D eigenvalue weighted by molar-refractivity contribution is -0.132. The molecule has 9 heteroatoms. The Kier molecular flexibility index (Phi) is 6.24. The molecule has 0 aromatic heterocycles. The number of hydrogen-bond donors (Lipinski definition) is 1. The predicted molar refractivity (Wildman–Crippen MR) is 128 cm³/mol. The molecule has 1 heterocycles. The molecule has 0 bridgehead atoms. The Morgan fingerprint density at radius 1 is 1.00 bits per heavy atom. The number of carbonyl (C=O) groups is 3. The Balaban J connectivity index is 1.42. The summed E-state index contributed by atoms with van der Waals surface area (Å²) in [6.07, 6.45) is 0.432. The van der Waals surface area contributed by atoms with E-state index in [4.69, 9.17) is 5.14 Å². The molecule has 1 aliphatic heterocycles. The molecule has 4 rings (SSSR count). The molecule has 3 aromatic carbocycles. The first-order chi connectivity index (χ1) is 16.1. The highest BCUT2D eigenvalue weighted by atomic mass is 32.2. The van der Waals surface area contributed by atoms with Crippen LogP contribution in [0.5, 0.6) is 0 Å². The van der Waals surface area contributed by atoms with E-state index in [0.29, 0.717) is 28.5 Å². The third-order valence-corrected chi connectivity index (χ3v) is 7.18. The van der Waals surface area contributed by atoms with Gasteiger partial charge in [-0.3, -0.25) is 19.3 Å². The molecule has 1 unspecified atom stereocenters. The Morgan fingerprint density at radius 2 is 1.59 bits per heavy atom. The van der Waals surface area contributed by atoms with Gasteiger partial charge in [0, 0.05) is 36.5 Å². The third-order valence-electron chi connectivity index (χ3n) is 6.27. The molecule has 1 atom stereocenters. The minimum absolute atomic E-state index is 0.0184. The van der Waals surface area contributed by atoms with E-state index in [-0.39, 0.29) is 35.6 Å². The fourth-order valence-corrected chi connectivity index (χ4v) is 4.81. The molecule has 3 aromatic rings. The molecule has 176 valence electrons. The first-order valence-electron chi connectivity index (χ1n) is 10.9. The molecule has 0 saturated heterocycles. The van der Waals surface area contributed by atoms with Gasteiger partial charge in [-0.25, -0.2) is 13.6 Å². The van der Waals surface area contributed by atoms with Gasteiger partial charge in [-0.1, -0.05) is 36.4 Å². The Morgan fingerprint density at radius 3 is 2.18 bits per heavy atom. The lowest BCUT2D eigenvalue weighted by Crippen LogP contribution is -2.41. The highest BCUT2D eigenvalue weighted by Crippen LogP contribution is 2.30. The van der Waals surface area contributed by atoms with Crippen LogP contribution in [-0.4, -0.2) is 49.5 Å². The molecule has 0 fully saturated rings. The number of benzene rings is 3. The fraction of sp³-hybridized carbons (Fsp3) is 0.240. The van der Waals surface area contributed by atoms with E-state index >= 15 is 0 Å². The van der Waals surface area contributed by atoms with E-state index in [1.807, 2.05) is 12.1 Å². The SMILES string of the molecule is CC(c1cccc(S(N)(=O)=O)c1)N(C)C(=O)CCCN1C(=O)c2cccc3cccc(c23)C1=O. The van der Waals surface area contributed by atoms with Crippen LogP contribution >= 0.6 is 0 Å². The number of sulfonamides is 1. The first kappa shape index (κ1) is 23.6. The molecular formula is C25H25N3O5S. The summed E-state index contributed by atoms with van der Waals surface area (Å²) in [7, 11) is -2.22. The zero-order chi connectivity index (χ0) is 24.6. The Labute approximate surface area is 198 Å². The standard InChI is InChI=1S/C25H25N3O5S/c1-16(18-9-3-10-19(15-18)34(26,32)33)27(2)22(29)13-6-14-28-24(30)20-11-4-7-17-8-5-12-21(23(17)20)25(28)31/h3-5,7-12,15-16H,6,13-14H2,1-2H3,(H2,26,32,33). The summed E-state index contributed by atoms with van der Waals surface area (Å²) in [6.45, 7) is 1.91. The van der Waals surface area contributed by atoms with Gasteiger partial charge in [0.25, 0.3) is 11.8 Å². The average molecular weight is 480 g/mol. The monoisotopic (exact) mass is 479 g/mol. The quantitative estimate of drug-likeness (QED) is 0.523. The van der Waals surface area contributed by atoms with Crippen molar-refractivity contribution in [1.82, 2.24) is 9.80 Å². The third kappa shape index (κ3) is 4.32. The van der Waals surface area contributed by atoms with Gasteiger partial charge in [0.1, 0.15) is 0 Å². The maximum Gasteiger partial charge on any atom is 0.261 e. The van der Waals surface area contributed by atoms with Gasteiger partial charge in [-0.05, 0) is 48.6 Å². The summed E-state index contributed by atoms with van der Waals surface area (Å²) >= 11 is 0. The lowest BCUT2D eigenvalue weighted by Gasteiger charge is -2.28. The summed E-state index contributed by atoms with van der Waals surface area (Å²) in [6, 6.07) is 16.5. The van der Waals surface area contributed by atoms with Gasteiger partial charge in [0.15, 0.2) is 0 Å². The van der Waals surface area contributed by atoms with Crippen molar-refractivity contribution in [3.8, 4) is 0 Å². The molecule has 0 saturated carbocycles. The van der Waals surface area contributed by atoms with Crippen LogP contribution in [0.15, 0.2) is 65.6 Å². The van der Waals surface area contributed by atoms with Crippen molar-refractivity contribution in [3.63, 3.8) is 0 Å². The summed E-state index contributed by atoms with van der Waals surface area (Å²) < 4.78 is 23.3. The van der Waals surface area contributed by atoms with Crippen LogP contribution in [0.25, 0.3) is 10.8 Å². The van der Waals surface area contributed by atoms with Crippen molar-refractivity contribution in [1.29, 1.82) is 0 Å². The predicted octanol–water partition coefficient (Wildman–Crippen LogP) is 3.08. The normalized spacial score (nSPS) is 14.4. The van der Waals surface area contributed by atoms with Gasteiger partial charge in [0.05, 0.1) is 10.9 Å². The summed E-state index contributed by atoms with van der Waals surface area (Å²) in [5.41, 5.74) is 1.60. The van der Waals surface area contributed by atoms with E-state index in [2.05, 4.69) is 0 Å². The molecule has 34 heavy (non-hydrogen) atoms. The maximum atomic E-state index is 13.0. The van der Waals surface area contributed by atoms with Crippen molar-refractivity contribution in [2.75, 3.05) is 13.6 Å². The van der Waals surface area contributed by atoms with Crippen LogP contribution in [0.1, 0.15) is 52.1 Å². The topological polar surface area (TPSA) is 118 Å². The summed E-state index contributed by atoms with van der Waals surface area (Å²) in [5, 5.41) is 6.72. The number of amides is 3. The largest absolute Gasteiger partial charge is 0.339 e. The van der Waals surface area contributed by atoms with Gasteiger partial charge >= 0.3 is 0 Å². The van der Waals surface area contributed by atoms with Crippen molar-refractivity contribution in [2.45, 2.75) is 30.7 Å². The van der Waals surface area contributed by atoms with Crippen LogP contribution in [0.3, 0.4) is 0 Å². The number of imide groups is 1. The zero-order valence-corrected chi connectivity index (χ0v) is 19.7. The van der Waals surface area contributed by atoms with Crippen molar-refractivity contribution >= 4 is 38.5 Å². The maximum absolute atomic E-state index is 13.0. The van der Waals surface area contributed by atoms with Crippen LogP contribution in [0.4, 0.5) is 0 Å². The number of nitrogens with zero attached hydrogens (tertiary/aromatic N) is 2. The fourth-order valence-electron chi connectivity index (χ4n) is 4.24. The van der Waals surface area contributed by atoms with Gasteiger partial charge in [0.2, 0.25) is 15.9 Å². The minimum atomic E-state index is -3.85. The van der Waals surface area contributed by atoms with E-state index < -0.39 is 16.1 Å². The van der Waals surface area contributed by atoms with E-state index in [0.717, 1.165) is 5.39 Å². The molecule has 0 aliphatic carbocycles. The molecule has 0 radical (unpaired) electrons. The van der Waals surface area contributed by atoms with Gasteiger partial charge in [-0.2, -0.15) is 0 Å². The average Bonchev–Trinajstić information content (AvgIpc) is 2.83. The number of nitrogens with two attached hydrogens (primary N) is 1. The second-order valence-electron chi connectivity index (χ2n) is 8.37. The second kappa shape index (κ2) is 9.00. The molecule has 0 spiro atoms. The van der Waals surface area contributed by atoms with Crippen molar-refractivity contribution in [3.05, 3.63) is 77.4 Å². The van der Waals surface area contributed by atoms with Crippen LogP contribution < -0.4 is 5.14 Å². The molecule has 1 aliphatic rings. The Hall–Kier alpha value is -3.56. The van der Waals surface area contributed by atoms with Gasteiger partial charge in [-0.15, -0.1) is 0 Å². The highest BCUT2D eigenvalue weighted by molar-refractivity contribution is 7.89. The number of rotatable bonds is 7. The minimum Gasteiger partial charge on any atom is -0.339 e. The number of carbonyl (C=O) groups excluding carboxylic acids is 3. The summed E-state index contributed by atoms with van der Waals surface area (Å²) in [5.74, 6) is -0.903. The first-order valence-corrected chi connectivity index (χ1v) is 12.4. The smallest absolute Gasteiger partial charge is 0.261 e. The summed E-state index contributed by atoms with van der Waals surface area (Å²) in [4.78, 5) is 41.4. The Bertz CT molecular complexity index is 1370. The van der Waals surface area contributed by atoms with E-state index in [1.165, 1.54) is 21.9 Å². The molecule has 2 N–H and O–H groups in total. The van der Waals surface area contributed by atoms with Crippen LogP contribution in [-0.2, 0) is 14.8 Å². The van der Waals surface area contributed by atoms with Crippen molar-refractivity contribution in [2.24, 2.45) is 5.14 Å². The molecule has 8 nitrogen and oxygen atoms in total. The zero-order valence-electron chi connectivity index (χ0n) is 18.9. The van der Waals surface area contributed by atoms with Crippen LogP contribution in [0.2, 0.25) is 0 Å². The second-order valence-corrected chi connectivity index (χ2v) is 9.93. The lowest BCUT2D eigenvalue weighted by atomic mass is 9.94. The molecular weight excluding hydrogens is 454 g/mol. The van der Waals surface area contributed by atoms with Gasteiger partial charge < -0.3 is 4.90 Å². The highest BCUT2D eigenvalue weighted by Gasteiger charge is 2.32.